The Hall–Kier alpha value is -2.20. The van der Waals surface area contributed by atoms with E-state index in [1.54, 1.807) is 12.1 Å². The molecule has 0 aliphatic carbocycles. The summed E-state index contributed by atoms with van der Waals surface area (Å²) >= 11 is 5.82. The Morgan fingerprint density at radius 2 is 1.71 bits per heavy atom. The predicted octanol–water partition coefficient (Wildman–Crippen LogP) is 4.23. The molecule has 0 bridgehead atoms. The van der Waals surface area contributed by atoms with Crippen molar-refractivity contribution in [3.63, 3.8) is 0 Å². The van der Waals surface area contributed by atoms with E-state index in [9.17, 15) is 4.79 Å². The van der Waals surface area contributed by atoms with Crippen LogP contribution in [0.4, 0.5) is 4.79 Å². The molecule has 0 spiro atoms. The molecule has 2 amide bonds. The fourth-order valence-corrected chi connectivity index (χ4v) is 2.45. The summed E-state index contributed by atoms with van der Waals surface area (Å²) in [6, 6.07) is 13.3. The number of para-hydroxylation sites is 1. The van der Waals surface area contributed by atoms with E-state index in [1.165, 1.54) is 0 Å². The molecule has 0 saturated heterocycles. The third-order valence-corrected chi connectivity index (χ3v) is 3.88. The fraction of sp³-hybridized carbons (Fsp3) is 0.316. The molecule has 0 fully saturated rings. The molecule has 0 aliphatic heterocycles. The van der Waals surface area contributed by atoms with Gasteiger partial charge in [-0.25, -0.2) is 4.79 Å². The van der Waals surface area contributed by atoms with Crippen LogP contribution in [0.2, 0.25) is 5.02 Å². The molecule has 0 unspecified atom stereocenters. The largest absolute Gasteiger partial charge is 0.493 e. The van der Waals surface area contributed by atoms with Crippen molar-refractivity contribution >= 4 is 17.6 Å². The third kappa shape index (κ3) is 5.78. The Labute approximate surface area is 148 Å². The number of hydrogen-bond donors (Lipinski definition) is 2. The van der Waals surface area contributed by atoms with Crippen molar-refractivity contribution in [2.45, 2.75) is 26.8 Å². The Balaban J connectivity index is 1.62. The van der Waals surface area contributed by atoms with Gasteiger partial charge in [-0.3, -0.25) is 0 Å². The SMILES string of the molecule is Cc1cccc(C)c1OCCCNC(=O)NCc1ccc(Cl)cc1. The summed E-state index contributed by atoms with van der Waals surface area (Å²) in [5, 5.41) is 6.32. The zero-order chi connectivity index (χ0) is 17.4. The Morgan fingerprint density at radius 3 is 2.38 bits per heavy atom. The number of carbonyl (C=O) groups is 1. The molecule has 0 radical (unpaired) electrons. The number of rotatable bonds is 7. The highest BCUT2D eigenvalue weighted by Gasteiger charge is 2.03. The predicted molar refractivity (Wildman–Crippen MR) is 97.7 cm³/mol. The first-order valence-corrected chi connectivity index (χ1v) is 8.39. The molecule has 24 heavy (non-hydrogen) atoms. The Kier molecular flexibility index (Phi) is 6.94. The molecule has 0 aliphatic rings. The van der Waals surface area contributed by atoms with Gasteiger partial charge in [0.2, 0.25) is 0 Å². The van der Waals surface area contributed by atoms with Crippen LogP contribution in [0.3, 0.4) is 0 Å². The average Bonchev–Trinajstić information content (AvgIpc) is 2.56. The highest BCUT2D eigenvalue weighted by atomic mass is 35.5. The van der Waals surface area contributed by atoms with Gasteiger partial charge in [0.25, 0.3) is 0 Å². The minimum Gasteiger partial charge on any atom is -0.493 e. The monoisotopic (exact) mass is 346 g/mol. The standard InChI is InChI=1S/C19H23ClN2O2/c1-14-5-3-6-15(2)18(14)24-12-4-11-21-19(23)22-13-16-7-9-17(20)10-8-16/h3,5-10H,4,11-13H2,1-2H3,(H2,21,22,23). The van der Waals surface area contributed by atoms with E-state index in [1.807, 2.05) is 44.2 Å². The van der Waals surface area contributed by atoms with Crippen LogP contribution in [-0.2, 0) is 6.54 Å². The van der Waals surface area contributed by atoms with Crippen molar-refractivity contribution in [2.24, 2.45) is 0 Å². The normalized spacial score (nSPS) is 10.3. The van der Waals surface area contributed by atoms with Gasteiger partial charge in [-0.1, -0.05) is 41.9 Å². The molecular weight excluding hydrogens is 324 g/mol. The lowest BCUT2D eigenvalue weighted by atomic mass is 10.1. The molecule has 128 valence electrons. The van der Waals surface area contributed by atoms with E-state index in [4.69, 9.17) is 16.3 Å². The smallest absolute Gasteiger partial charge is 0.315 e. The van der Waals surface area contributed by atoms with Gasteiger partial charge in [0.05, 0.1) is 6.61 Å². The molecule has 2 N–H and O–H groups in total. The number of ether oxygens (including phenoxy) is 1. The van der Waals surface area contributed by atoms with Crippen LogP contribution in [0.5, 0.6) is 5.75 Å². The Morgan fingerprint density at radius 1 is 1.04 bits per heavy atom. The highest BCUT2D eigenvalue weighted by molar-refractivity contribution is 6.30. The van der Waals surface area contributed by atoms with Crippen molar-refractivity contribution in [3.05, 3.63) is 64.2 Å². The molecule has 0 heterocycles. The van der Waals surface area contributed by atoms with E-state index in [-0.39, 0.29) is 6.03 Å². The molecule has 4 nitrogen and oxygen atoms in total. The van der Waals surface area contributed by atoms with Crippen molar-refractivity contribution in [3.8, 4) is 5.75 Å². The minimum absolute atomic E-state index is 0.183. The van der Waals surface area contributed by atoms with Gasteiger partial charge in [0, 0.05) is 18.1 Å². The maximum Gasteiger partial charge on any atom is 0.315 e. The van der Waals surface area contributed by atoms with Crippen LogP contribution < -0.4 is 15.4 Å². The summed E-state index contributed by atoms with van der Waals surface area (Å²) in [6.07, 6.45) is 0.752. The maximum atomic E-state index is 11.7. The van der Waals surface area contributed by atoms with Gasteiger partial charge in [0.15, 0.2) is 0 Å². The van der Waals surface area contributed by atoms with Crippen LogP contribution in [-0.4, -0.2) is 19.2 Å². The van der Waals surface area contributed by atoms with Gasteiger partial charge in [0.1, 0.15) is 5.75 Å². The average molecular weight is 347 g/mol. The van der Waals surface area contributed by atoms with E-state index in [0.717, 1.165) is 28.9 Å². The second kappa shape index (κ2) is 9.18. The number of amides is 2. The van der Waals surface area contributed by atoms with E-state index < -0.39 is 0 Å². The lowest BCUT2D eigenvalue weighted by Gasteiger charge is -2.12. The molecule has 0 aromatic heterocycles. The molecule has 0 atom stereocenters. The second-order valence-corrected chi connectivity index (χ2v) is 6.10. The number of hydrogen-bond acceptors (Lipinski definition) is 2. The fourth-order valence-electron chi connectivity index (χ4n) is 2.32. The molecular formula is C19H23ClN2O2. The lowest BCUT2D eigenvalue weighted by molar-refractivity contribution is 0.238. The van der Waals surface area contributed by atoms with Crippen LogP contribution >= 0.6 is 11.6 Å². The first-order valence-electron chi connectivity index (χ1n) is 8.01. The van der Waals surface area contributed by atoms with Crippen LogP contribution in [0.1, 0.15) is 23.1 Å². The van der Waals surface area contributed by atoms with Gasteiger partial charge in [-0.2, -0.15) is 0 Å². The summed E-state index contributed by atoms with van der Waals surface area (Å²) in [4.78, 5) is 11.7. The van der Waals surface area contributed by atoms with Crippen molar-refractivity contribution in [1.29, 1.82) is 0 Å². The number of carbonyl (C=O) groups excluding carboxylic acids is 1. The topological polar surface area (TPSA) is 50.4 Å². The van der Waals surface area contributed by atoms with Gasteiger partial charge < -0.3 is 15.4 Å². The summed E-state index contributed by atoms with van der Waals surface area (Å²) in [5.41, 5.74) is 3.26. The maximum absolute atomic E-state index is 11.7. The Bertz CT molecular complexity index is 651. The highest BCUT2D eigenvalue weighted by Crippen LogP contribution is 2.22. The van der Waals surface area contributed by atoms with Crippen LogP contribution in [0.15, 0.2) is 42.5 Å². The van der Waals surface area contributed by atoms with Crippen molar-refractivity contribution in [2.75, 3.05) is 13.2 Å². The molecule has 5 heteroatoms. The molecule has 2 rings (SSSR count). The number of nitrogens with one attached hydrogen (secondary N) is 2. The van der Waals surface area contributed by atoms with Gasteiger partial charge >= 0.3 is 6.03 Å². The minimum atomic E-state index is -0.183. The molecule has 2 aromatic rings. The van der Waals surface area contributed by atoms with E-state index in [2.05, 4.69) is 10.6 Å². The first-order chi connectivity index (χ1) is 11.6. The van der Waals surface area contributed by atoms with Gasteiger partial charge in [-0.05, 0) is 49.1 Å². The summed E-state index contributed by atoms with van der Waals surface area (Å²) < 4.78 is 5.81. The van der Waals surface area contributed by atoms with E-state index >= 15 is 0 Å². The zero-order valence-corrected chi connectivity index (χ0v) is 14.8. The number of aryl methyl sites for hydroxylation is 2. The third-order valence-electron chi connectivity index (χ3n) is 3.63. The summed E-state index contributed by atoms with van der Waals surface area (Å²) in [5.74, 6) is 0.935. The molecule has 0 saturated carbocycles. The number of urea groups is 1. The zero-order valence-electron chi connectivity index (χ0n) is 14.1. The van der Waals surface area contributed by atoms with E-state index in [0.29, 0.717) is 24.7 Å². The number of halogens is 1. The first kappa shape index (κ1) is 18.1. The second-order valence-electron chi connectivity index (χ2n) is 5.66. The quantitative estimate of drug-likeness (QED) is 0.737. The van der Waals surface area contributed by atoms with Crippen LogP contribution in [0.25, 0.3) is 0 Å². The molecule has 2 aromatic carbocycles. The number of benzene rings is 2. The van der Waals surface area contributed by atoms with Crippen molar-refractivity contribution in [1.82, 2.24) is 10.6 Å². The summed E-state index contributed by atoms with van der Waals surface area (Å²) in [7, 11) is 0. The lowest BCUT2D eigenvalue weighted by Crippen LogP contribution is -2.36. The van der Waals surface area contributed by atoms with Crippen LogP contribution in [0, 0.1) is 13.8 Å². The van der Waals surface area contributed by atoms with Gasteiger partial charge in [-0.15, -0.1) is 0 Å². The van der Waals surface area contributed by atoms with Crippen molar-refractivity contribution < 1.29 is 9.53 Å². The summed E-state index contributed by atoms with van der Waals surface area (Å²) in [6.45, 7) is 5.68.